The standard InChI is InChI=1S/C12H11F3N4O3/c1-7-17-11(22-18-7)4-5-16-9-3-2-8(12(13,14)15)6-10(9)19(20)21/h2-3,6,16H,4-5H2,1H3. The Kier molecular flexibility index (Phi) is 4.29. The van der Waals surface area contributed by atoms with Gasteiger partial charge in [0.05, 0.1) is 10.5 Å². The number of hydrogen-bond donors (Lipinski definition) is 1. The third-order valence-corrected chi connectivity index (χ3v) is 2.75. The molecule has 0 fully saturated rings. The molecule has 1 aromatic carbocycles. The zero-order valence-electron chi connectivity index (χ0n) is 11.3. The first-order valence-electron chi connectivity index (χ1n) is 6.16. The van der Waals surface area contributed by atoms with E-state index in [4.69, 9.17) is 4.52 Å². The van der Waals surface area contributed by atoms with Gasteiger partial charge in [-0.05, 0) is 19.1 Å². The number of nitro groups is 1. The van der Waals surface area contributed by atoms with Crippen LogP contribution in [0.15, 0.2) is 22.7 Å². The van der Waals surface area contributed by atoms with Crippen molar-refractivity contribution < 1.29 is 22.6 Å². The van der Waals surface area contributed by atoms with Crippen LogP contribution in [0.1, 0.15) is 17.3 Å². The molecule has 0 aliphatic carbocycles. The summed E-state index contributed by atoms with van der Waals surface area (Å²) in [4.78, 5) is 14.0. The summed E-state index contributed by atoms with van der Waals surface area (Å²) in [5, 5.41) is 17.2. The Labute approximate surface area is 122 Å². The molecule has 22 heavy (non-hydrogen) atoms. The molecule has 0 aliphatic rings. The van der Waals surface area contributed by atoms with Gasteiger partial charge in [-0.1, -0.05) is 5.16 Å². The van der Waals surface area contributed by atoms with Gasteiger partial charge >= 0.3 is 6.18 Å². The van der Waals surface area contributed by atoms with Gasteiger partial charge in [0.2, 0.25) is 5.89 Å². The number of hydrogen-bond acceptors (Lipinski definition) is 6. The fourth-order valence-corrected chi connectivity index (χ4v) is 1.75. The first kappa shape index (κ1) is 15.7. The zero-order chi connectivity index (χ0) is 16.3. The average Bonchev–Trinajstić information content (AvgIpc) is 2.83. The highest BCUT2D eigenvalue weighted by Gasteiger charge is 2.32. The Bertz CT molecular complexity index is 684. The van der Waals surface area contributed by atoms with E-state index in [9.17, 15) is 23.3 Å². The summed E-state index contributed by atoms with van der Waals surface area (Å²) in [7, 11) is 0. The zero-order valence-corrected chi connectivity index (χ0v) is 11.3. The lowest BCUT2D eigenvalue weighted by Gasteiger charge is -2.09. The molecule has 0 unspecified atom stereocenters. The lowest BCUT2D eigenvalue weighted by atomic mass is 10.1. The van der Waals surface area contributed by atoms with Crippen LogP contribution in [-0.2, 0) is 12.6 Å². The fraction of sp³-hybridized carbons (Fsp3) is 0.333. The monoisotopic (exact) mass is 316 g/mol. The van der Waals surface area contributed by atoms with Crippen LogP contribution in [0.5, 0.6) is 0 Å². The Morgan fingerprint density at radius 1 is 1.41 bits per heavy atom. The summed E-state index contributed by atoms with van der Waals surface area (Å²) >= 11 is 0. The maximum absolute atomic E-state index is 12.6. The number of aryl methyl sites for hydroxylation is 1. The normalized spacial score (nSPS) is 11.5. The summed E-state index contributed by atoms with van der Waals surface area (Å²) in [6.07, 6.45) is -4.34. The quantitative estimate of drug-likeness (QED) is 0.673. The lowest BCUT2D eigenvalue weighted by molar-refractivity contribution is -0.384. The van der Waals surface area contributed by atoms with Crippen LogP contribution in [0.2, 0.25) is 0 Å². The molecule has 0 spiro atoms. The Hall–Kier alpha value is -2.65. The van der Waals surface area contributed by atoms with Crippen molar-refractivity contribution in [2.45, 2.75) is 19.5 Å². The molecule has 0 saturated carbocycles. The topological polar surface area (TPSA) is 94.1 Å². The second-order valence-corrected chi connectivity index (χ2v) is 4.40. The highest BCUT2D eigenvalue weighted by molar-refractivity contribution is 5.62. The largest absolute Gasteiger partial charge is 0.416 e. The Morgan fingerprint density at radius 3 is 2.68 bits per heavy atom. The highest BCUT2D eigenvalue weighted by atomic mass is 19.4. The molecule has 1 heterocycles. The van der Waals surface area contributed by atoms with Gasteiger partial charge in [-0.3, -0.25) is 10.1 Å². The summed E-state index contributed by atoms with van der Waals surface area (Å²) in [6.45, 7) is 1.84. The molecule has 7 nitrogen and oxygen atoms in total. The number of nitrogens with one attached hydrogen (secondary N) is 1. The van der Waals surface area contributed by atoms with E-state index in [1.807, 2.05) is 0 Å². The third kappa shape index (κ3) is 3.71. The van der Waals surface area contributed by atoms with Crippen LogP contribution in [0.4, 0.5) is 24.5 Å². The molecule has 2 aromatic rings. The van der Waals surface area contributed by atoms with Crippen molar-refractivity contribution in [3.05, 3.63) is 45.6 Å². The van der Waals surface area contributed by atoms with Crippen LogP contribution >= 0.6 is 0 Å². The molecular formula is C12H11F3N4O3. The van der Waals surface area contributed by atoms with E-state index in [0.717, 1.165) is 12.1 Å². The van der Waals surface area contributed by atoms with Crippen LogP contribution in [-0.4, -0.2) is 21.6 Å². The Balaban J connectivity index is 2.11. The first-order valence-corrected chi connectivity index (χ1v) is 6.16. The molecule has 10 heteroatoms. The molecule has 0 radical (unpaired) electrons. The van der Waals surface area contributed by atoms with Gasteiger partial charge in [0.25, 0.3) is 5.69 Å². The number of alkyl halides is 3. The van der Waals surface area contributed by atoms with Gasteiger partial charge < -0.3 is 9.84 Å². The minimum atomic E-state index is -4.63. The summed E-state index contributed by atoms with van der Waals surface area (Å²) in [5.41, 5.74) is -1.72. The molecule has 0 atom stereocenters. The van der Waals surface area contributed by atoms with Gasteiger partial charge in [-0.2, -0.15) is 18.2 Å². The predicted octanol–water partition coefficient (Wildman–Crippen LogP) is 2.96. The number of benzene rings is 1. The van der Waals surface area contributed by atoms with Gasteiger partial charge in [-0.15, -0.1) is 0 Å². The van der Waals surface area contributed by atoms with Crippen LogP contribution in [0.25, 0.3) is 0 Å². The number of aromatic nitrogens is 2. The summed E-state index contributed by atoms with van der Waals surface area (Å²) < 4.78 is 42.6. The van der Waals surface area contributed by atoms with Crippen molar-refractivity contribution in [3.8, 4) is 0 Å². The second kappa shape index (κ2) is 6.00. The van der Waals surface area contributed by atoms with Gasteiger partial charge in [0, 0.05) is 19.0 Å². The summed E-state index contributed by atoms with van der Waals surface area (Å²) in [6, 6.07) is 2.31. The van der Waals surface area contributed by atoms with Crippen molar-refractivity contribution in [1.29, 1.82) is 0 Å². The predicted molar refractivity (Wildman–Crippen MR) is 69.3 cm³/mol. The van der Waals surface area contributed by atoms with Crippen molar-refractivity contribution in [3.63, 3.8) is 0 Å². The summed E-state index contributed by atoms with van der Waals surface area (Å²) in [5.74, 6) is 0.787. The number of nitro benzene ring substituents is 1. The van der Waals surface area contributed by atoms with Crippen molar-refractivity contribution in [1.82, 2.24) is 10.1 Å². The van der Waals surface area contributed by atoms with Crippen molar-refractivity contribution in [2.75, 3.05) is 11.9 Å². The maximum atomic E-state index is 12.6. The molecule has 0 bridgehead atoms. The van der Waals surface area contributed by atoms with Gasteiger partial charge in [0.1, 0.15) is 5.69 Å². The molecule has 2 rings (SSSR count). The van der Waals surface area contributed by atoms with Crippen LogP contribution < -0.4 is 5.32 Å². The maximum Gasteiger partial charge on any atom is 0.416 e. The fourth-order valence-electron chi connectivity index (χ4n) is 1.75. The van der Waals surface area contributed by atoms with E-state index in [-0.39, 0.29) is 12.2 Å². The highest BCUT2D eigenvalue weighted by Crippen LogP contribution is 2.34. The molecule has 1 aromatic heterocycles. The minimum absolute atomic E-state index is 0.00534. The first-order chi connectivity index (χ1) is 10.3. The average molecular weight is 316 g/mol. The molecule has 118 valence electrons. The number of anilines is 1. The number of rotatable bonds is 5. The van der Waals surface area contributed by atoms with E-state index >= 15 is 0 Å². The molecule has 0 aliphatic heterocycles. The second-order valence-electron chi connectivity index (χ2n) is 4.40. The SMILES string of the molecule is Cc1noc(CCNc2ccc(C(F)(F)F)cc2[N+](=O)[O-])n1. The van der Waals surface area contributed by atoms with Crippen LogP contribution in [0.3, 0.4) is 0 Å². The lowest BCUT2D eigenvalue weighted by Crippen LogP contribution is -2.10. The van der Waals surface area contributed by atoms with E-state index in [2.05, 4.69) is 15.5 Å². The van der Waals surface area contributed by atoms with Crippen LogP contribution in [0, 0.1) is 17.0 Å². The number of halogens is 3. The smallest absolute Gasteiger partial charge is 0.379 e. The molecule has 0 amide bonds. The van der Waals surface area contributed by atoms with Crippen molar-refractivity contribution in [2.24, 2.45) is 0 Å². The molecular weight excluding hydrogens is 305 g/mol. The molecule has 1 N–H and O–H groups in total. The molecule has 0 saturated heterocycles. The third-order valence-electron chi connectivity index (χ3n) is 2.75. The van der Waals surface area contributed by atoms with E-state index < -0.39 is 22.4 Å². The van der Waals surface area contributed by atoms with E-state index in [0.29, 0.717) is 24.2 Å². The van der Waals surface area contributed by atoms with E-state index in [1.165, 1.54) is 0 Å². The van der Waals surface area contributed by atoms with Gasteiger partial charge in [-0.25, -0.2) is 0 Å². The number of nitrogens with zero attached hydrogens (tertiary/aromatic N) is 3. The van der Waals surface area contributed by atoms with E-state index in [1.54, 1.807) is 6.92 Å². The Morgan fingerprint density at radius 2 is 2.14 bits per heavy atom. The van der Waals surface area contributed by atoms with Gasteiger partial charge in [0.15, 0.2) is 5.82 Å². The minimum Gasteiger partial charge on any atom is -0.379 e. The van der Waals surface area contributed by atoms with Crippen molar-refractivity contribution >= 4 is 11.4 Å².